The topological polar surface area (TPSA) is 90.5 Å². The van der Waals surface area contributed by atoms with Crippen molar-refractivity contribution in [3.8, 4) is 5.75 Å². The predicted molar refractivity (Wildman–Crippen MR) is 151 cm³/mol. The molecule has 1 aliphatic carbocycles. The molecule has 6 heteroatoms. The van der Waals surface area contributed by atoms with Gasteiger partial charge in [-0.1, -0.05) is 71.9 Å². The first-order valence-electron chi connectivity index (χ1n) is 13.5. The van der Waals surface area contributed by atoms with Crippen molar-refractivity contribution in [3.05, 3.63) is 58.7 Å². The van der Waals surface area contributed by atoms with E-state index >= 15 is 0 Å². The molecule has 1 aliphatic rings. The first kappa shape index (κ1) is 28.5. The number of benzene rings is 2. The highest BCUT2D eigenvalue weighted by Crippen LogP contribution is 2.40. The number of amides is 3. The van der Waals surface area contributed by atoms with Crippen LogP contribution in [0.2, 0.25) is 0 Å². The zero-order valence-electron chi connectivity index (χ0n) is 23.6. The predicted octanol–water partition coefficient (Wildman–Crippen LogP) is 6.34. The quantitative estimate of drug-likeness (QED) is 0.368. The highest BCUT2D eigenvalue weighted by Gasteiger charge is 2.27. The van der Waals surface area contributed by atoms with Gasteiger partial charge in [-0.15, -0.1) is 0 Å². The summed E-state index contributed by atoms with van der Waals surface area (Å²) in [6.45, 7) is 14.3. The molecule has 4 N–H and O–H groups in total. The molecule has 2 aromatic carbocycles. The third-order valence-electron chi connectivity index (χ3n) is 7.20. The summed E-state index contributed by atoms with van der Waals surface area (Å²) in [6.07, 6.45) is 5.04. The van der Waals surface area contributed by atoms with Gasteiger partial charge in [0.25, 0.3) is 0 Å². The smallest absolute Gasteiger partial charge is 0.319 e. The molecule has 202 valence electrons. The number of phenolic OH excluding ortho intramolecular Hbond substituents is 1. The fourth-order valence-electron chi connectivity index (χ4n) is 5.13. The van der Waals surface area contributed by atoms with Gasteiger partial charge in [0.05, 0.1) is 0 Å². The third-order valence-corrected chi connectivity index (χ3v) is 7.20. The second-order valence-corrected chi connectivity index (χ2v) is 12.5. The number of carbonyl (C=O) groups is 2. The lowest BCUT2D eigenvalue weighted by atomic mass is 9.78. The Balaban J connectivity index is 1.67. The van der Waals surface area contributed by atoms with E-state index in [0.29, 0.717) is 5.75 Å². The summed E-state index contributed by atoms with van der Waals surface area (Å²) in [7, 11) is 0. The molecule has 0 radical (unpaired) electrons. The lowest BCUT2D eigenvalue weighted by Crippen LogP contribution is -2.44. The SMILES string of the molecule is CC(=O)NC1CCC(NC(=O)Nc2ccccc2CCc2cc(C(C)(C)C)c(O)c(C(C)(C)C)c2)CC1. The van der Waals surface area contributed by atoms with Gasteiger partial charge in [0.1, 0.15) is 5.75 Å². The lowest BCUT2D eigenvalue weighted by Gasteiger charge is -2.29. The average molecular weight is 508 g/mol. The van der Waals surface area contributed by atoms with Gasteiger partial charge in [-0.05, 0) is 77.7 Å². The molecule has 1 fully saturated rings. The Kier molecular flexibility index (Phi) is 8.93. The highest BCUT2D eigenvalue weighted by atomic mass is 16.3. The summed E-state index contributed by atoms with van der Waals surface area (Å²) in [4.78, 5) is 24.1. The minimum atomic E-state index is -0.190. The molecule has 3 rings (SSSR count). The van der Waals surface area contributed by atoms with E-state index < -0.39 is 0 Å². The van der Waals surface area contributed by atoms with Crippen LogP contribution in [-0.4, -0.2) is 29.1 Å². The van der Waals surface area contributed by atoms with Crippen LogP contribution < -0.4 is 16.0 Å². The maximum absolute atomic E-state index is 12.8. The van der Waals surface area contributed by atoms with Crippen molar-refractivity contribution >= 4 is 17.6 Å². The monoisotopic (exact) mass is 507 g/mol. The van der Waals surface area contributed by atoms with E-state index in [1.54, 1.807) is 6.92 Å². The maximum Gasteiger partial charge on any atom is 0.319 e. The molecule has 2 aromatic rings. The van der Waals surface area contributed by atoms with Gasteiger partial charge in [0.2, 0.25) is 5.91 Å². The third kappa shape index (κ3) is 7.98. The van der Waals surface area contributed by atoms with E-state index in [-0.39, 0.29) is 34.9 Å². The fraction of sp³-hybridized carbons (Fsp3) is 0.548. The van der Waals surface area contributed by atoms with E-state index in [1.165, 1.54) is 5.56 Å². The molecule has 37 heavy (non-hydrogen) atoms. The van der Waals surface area contributed by atoms with Crippen molar-refractivity contribution in [1.29, 1.82) is 0 Å². The van der Waals surface area contributed by atoms with Crippen LogP contribution in [0.4, 0.5) is 10.5 Å². The molecular weight excluding hydrogens is 462 g/mol. The summed E-state index contributed by atoms with van der Waals surface area (Å²) in [5.41, 5.74) is 4.68. The zero-order valence-corrected chi connectivity index (χ0v) is 23.6. The minimum absolute atomic E-state index is 0.00215. The van der Waals surface area contributed by atoms with Crippen molar-refractivity contribution < 1.29 is 14.7 Å². The van der Waals surface area contributed by atoms with Crippen molar-refractivity contribution in [2.45, 2.75) is 110 Å². The Morgan fingerprint density at radius 3 is 1.86 bits per heavy atom. The van der Waals surface area contributed by atoms with Crippen LogP contribution in [0, 0.1) is 0 Å². The van der Waals surface area contributed by atoms with Gasteiger partial charge in [0.15, 0.2) is 0 Å². The number of phenols is 1. The van der Waals surface area contributed by atoms with E-state index in [0.717, 1.165) is 60.9 Å². The van der Waals surface area contributed by atoms with E-state index in [1.807, 2.05) is 18.2 Å². The number of hydrogen-bond donors (Lipinski definition) is 4. The van der Waals surface area contributed by atoms with E-state index in [2.05, 4.69) is 75.7 Å². The lowest BCUT2D eigenvalue weighted by molar-refractivity contribution is -0.119. The summed E-state index contributed by atoms with van der Waals surface area (Å²) in [5, 5.41) is 20.2. The Hall–Kier alpha value is -3.02. The number of rotatable bonds is 6. The maximum atomic E-state index is 12.8. The first-order valence-corrected chi connectivity index (χ1v) is 13.5. The summed E-state index contributed by atoms with van der Waals surface area (Å²) >= 11 is 0. The minimum Gasteiger partial charge on any atom is -0.507 e. The molecule has 0 unspecified atom stereocenters. The van der Waals surface area contributed by atoms with Crippen LogP contribution in [0.1, 0.15) is 96.4 Å². The Morgan fingerprint density at radius 1 is 0.838 bits per heavy atom. The summed E-state index contributed by atoms with van der Waals surface area (Å²) in [5.74, 6) is 0.399. The zero-order chi connectivity index (χ0) is 27.4. The molecule has 0 aliphatic heterocycles. The van der Waals surface area contributed by atoms with Gasteiger partial charge in [-0.25, -0.2) is 4.79 Å². The number of aromatic hydroxyl groups is 1. The van der Waals surface area contributed by atoms with E-state index in [9.17, 15) is 14.7 Å². The number of para-hydroxylation sites is 1. The van der Waals surface area contributed by atoms with Crippen molar-refractivity contribution in [1.82, 2.24) is 10.6 Å². The van der Waals surface area contributed by atoms with Crippen LogP contribution in [0.25, 0.3) is 0 Å². The van der Waals surface area contributed by atoms with Gasteiger partial charge >= 0.3 is 6.03 Å². The second-order valence-electron chi connectivity index (χ2n) is 12.5. The highest BCUT2D eigenvalue weighted by molar-refractivity contribution is 5.90. The molecule has 0 aromatic heterocycles. The normalized spacial score (nSPS) is 18.2. The Bertz CT molecular complexity index is 1070. The number of urea groups is 1. The largest absolute Gasteiger partial charge is 0.507 e. The second kappa shape index (κ2) is 11.6. The van der Waals surface area contributed by atoms with Crippen molar-refractivity contribution in [3.63, 3.8) is 0 Å². The molecule has 0 atom stereocenters. The number of carbonyl (C=O) groups excluding carboxylic acids is 2. The van der Waals surface area contributed by atoms with E-state index in [4.69, 9.17) is 0 Å². The Morgan fingerprint density at radius 2 is 1.35 bits per heavy atom. The van der Waals surface area contributed by atoms with Gasteiger partial charge in [-0.2, -0.15) is 0 Å². The van der Waals surface area contributed by atoms with Gasteiger partial charge in [0, 0.05) is 24.7 Å². The first-order chi connectivity index (χ1) is 17.2. The molecule has 1 saturated carbocycles. The van der Waals surface area contributed by atoms with Crippen LogP contribution >= 0.6 is 0 Å². The number of nitrogens with one attached hydrogen (secondary N) is 3. The molecule has 0 spiro atoms. The molecule has 6 nitrogen and oxygen atoms in total. The van der Waals surface area contributed by atoms with Crippen molar-refractivity contribution in [2.24, 2.45) is 0 Å². The standard InChI is InChI=1S/C31H45N3O3/c1-20(35)32-23-14-16-24(17-15-23)33-29(37)34-27-11-9-8-10-22(27)13-12-21-18-25(30(2,3)4)28(36)26(19-21)31(5,6)7/h8-11,18-19,23-24,36H,12-17H2,1-7H3,(H,32,35)(H2,33,34,37). The van der Waals surface area contributed by atoms with Crippen LogP contribution in [0.5, 0.6) is 5.75 Å². The van der Waals surface area contributed by atoms with Crippen molar-refractivity contribution in [2.75, 3.05) is 5.32 Å². The number of anilines is 1. The van der Waals surface area contributed by atoms with Gasteiger partial charge in [-0.3, -0.25) is 4.79 Å². The summed E-state index contributed by atoms with van der Waals surface area (Å²) in [6, 6.07) is 12.3. The fourth-order valence-corrected chi connectivity index (χ4v) is 5.13. The van der Waals surface area contributed by atoms with Crippen LogP contribution in [0.15, 0.2) is 36.4 Å². The molecule has 0 heterocycles. The summed E-state index contributed by atoms with van der Waals surface area (Å²) < 4.78 is 0. The average Bonchev–Trinajstić information content (AvgIpc) is 2.78. The molecular formula is C31H45N3O3. The number of aryl methyl sites for hydroxylation is 2. The van der Waals surface area contributed by atoms with Gasteiger partial charge < -0.3 is 21.1 Å². The van der Waals surface area contributed by atoms with Crippen LogP contribution in [0.3, 0.4) is 0 Å². The Labute approximate surface area is 222 Å². The molecule has 3 amide bonds. The number of hydrogen-bond acceptors (Lipinski definition) is 3. The molecule has 0 saturated heterocycles. The molecule has 0 bridgehead atoms. The van der Waals surface area contributed by atoms with Crippen LogP contribution in [-0.2, 0) is 28.5 Å².